The van der Waals surface area contributed by atoms with E-state index in [1.54, 1.807) is 6.07 Å². The lowest BCUT2D eigenvalue weighted by molar-refractivity contribution is -0.608. The summed E-state index contributed by atoms with van der Waals surface area (Å²) < 4.78 is 0.643. The molecule has 0 saturated heterocycles. The molecule has 2 aliphatic carbocycles. The van der Waals surface area contributed by atoms with Gasteiger partial charge in [0, 0.05) is 11.6 Å². The van der Waals surface area contributed by atoms with Gasteiger partial charge in [0.05, 0.1) is 0 Å². The van der Waals surface area contributed by atoms with Crippen LogP contribution in [-0.2, 0) is 0 Å². The number of carbonyl (C=O) groups excluding carboxylic acids is 1. The van der Waals surface area contributed by atoms with Crippen molar-refractivity contribution in [3.63, 3.8) is 0 Å². The Kier molecular flexibility index (Phi) is 4.13. The van der Waals surface area contributed by atoms with Crippen molar-refractivity contribution < 1.29 is 9.52 Å². The summed E-state index contributed by atoms with van der Waals surface area (Å²) >= 11 is 0. The SMILES string of the molecule is CC1CC2(C)CCCC(C)(C)C2CC1c1ccc[n+]([O-])c1C(N)=O. The number of amides is 1. The van der Waals surface area contributed by atoms with Gasteiger partial charge >= 0.3 is 5.91 Å². The van der Waals surface area contributed by atoms with Crippen LogP contribution in [0.3, 0.4) is 0 Å². The van der Waals surface area contributed by atoms with Gasteiger partial charge in [0.15, 0.2) is 6.20 Å². The lowest BCUT2D eigenvalue weighted by atomic mass is 9.48. The highest BCUT2D eigenvalue weighted by Gasteiger charge is 2.52. The normalized spacial score (nSPS) is 35.2. The molecule has 1 aromatic rings. The van der Waals surface area contributed by atoms with Crippen LogP contribution in [-0.4, -0.2) is 5.91 Å². The summed E-state index contributed by atoms with van der Waals surface area (Å²) in [6.45, 7) is 9.48. The van der Waals surface area contributed by atoms with Gasteiger partial charge in [-0.25, -0.2) is 0 Å². The number of carbonyl (C=O) groups is 1. The number of fused-ring (bicyclic) bond motifs is 1. The van der Waals surface area contributed by atoms with Gasteiger partial charge in [0.25, 0.3) is 5.69 Å². The molecule has 2 N–H and O–H groups in total. The van der Waals surface area contributed by atoms with E-state index in [0.717, 1.165) is 18.4 Å². The molecular weight excluding hydrogens is 300 g/mol. The van der Waals surface area contributed by atoms with Crippen molar-refractivity contribution in [3.05, 3.63) is 34.8 Å². The maximum Gasteiger partial charge on any atom is 0.315 e. The van der Waals surface area contributed by atoms with Crippen LogP contribution in [0.1, 0.15) is 81.8 Å². The Bertz CT molecular complexity index is 655. The number of nitrogens with two attached hydrogens (primary N) is 1. The molecule has 132 valence electrons. The Morgan fingerprint density at radius 3 is 2.71 bits per heavy atom. The zero-order chi connectivity index (χ0) is 17.7. The summed E-state index contributed by atoms with van der Waals surface area (Å²) in [5, 5.41) is 12.1. The fourth-order valence-corrected chi connectivity index (χ4v) is 5.94. The first-order chi connectivity index (χ1) is 11.2. The average Bonchev–Trinajstić information content (AvgIpc) is 2.45. The van der Waals surface area contributed by atoms with Gasteiger partial charge in [-0.05, 0) is 60.3 Å². The van der Waals surface area contributed by atoms with Crippen molar-refractivity contribution in [3.8, 4) is 0 Å². The first kappa shape index (κ1) is 17.2. The molecule has 0 spiro atoms. The number of hydrogen-bond acceptors (Lipinski definition) is 2. The Labute approximate surface area is 145 Å². The zero-order valence-corrected chi connectivity index (χ0v) is 15.3. The van der Waals surface area contributed by atoms with Crippen LogP contribution in [0.25, 0.3) is 0 Å². The maximum absolute atomic E-state index is 12.1. The van der Waals surface area contributed by atoms with E-state index in [-0.39, 0.29) is 11.6 Å². The van der Waals surface area contributed by atoms with Gasteiger partial charge in [0.2, 0.25) is 0 Å². The molecule has 4 heteroatoms. The summed E-state index contributed by atoms with van der Waals surface area (Å²) in [7, 11) is 0. The number of rotatable bonds is 2. The van der Waals surface area contributed by atoms with Gasteiger partial charge in [-0.1, -0.05) is 34.1 Å². The third kappa shape index (κ3) is 2.70. The summed E-state index contributed by atoms with van der Waals surface area (Å²) in [6, 6.07) is 3.66. The van der Waals surface area contributed by atoms with Crippen LogP contribution < -0.4 is 10.5 Å². The summed E-state index contributed by atoms with van der Waals surface area (Å²) in [5.41, 5.74) is 7.17. The fraction of sp³-hybridized carbons (Fsp3) is 0.700. The third-order valence-electron chi connectivity index (χ3n) is 6.94. The molecule has 2 fully saturated rings. The molecule has 4 unspecified atom stereocenters. The molecule has 0 bridgehead atoms. The summed E-state index contributed by atoms with van der Waals surface area (Å²) in [6.07, 6.45) is 7.40. The van der Waals surface area contributed by atoms with Crippen LogP contribution in [0.4, 0.5) is 0 Å². The highest BCUT2D eigenvalue weighted by molar-refractivity contribution is 5.91. The van der Waals surface area contributed by atoms with E-state index in [1.807, 2.05) is 6.07 Å². The van der Waals surface area contributed by atoms with E-state index in [1.165, 1.54) is 25.5 Å². The Morgan fingerprint density at radius 1 is 1.33 bits per heavy atom. The first-order valence-electron chi connectivity index (χ1n) is 9.17. The number of pyridine rings is 1. The molecule has 4 atom stereocenters. The lowest BCUT2D eigenvalue weighted by Gasteiger charge is -2.57. The van der Waals surface area contributed by atoms with Crippen molar-refractivity contribution in [1.29, 1.82) is 0 Å². The molecule has 4 nitrogen and oxygen atoms in total. The number of hydrogen-bond donors (Lipinski definition) is 1. The Hall–Kier alpha value is -1.58. The Balaban J connectivity index is 2.02. The topological polar surface area (TPSA) is 70.0 Å². The number of aromatic nitrogens is 1. The smallest absolute Gasteiger partial charge is 0.315 e. The molecule has 0 radical (unpaired) electrons. The van der Waals surface area contributed by atoms with E-state index in [2.05, 4.69) is 27.7 Å². The molecular formula is C20H30N2O2. The minimum Gasteiger partial charge on any atom is -0.618 e. The monoisotopic (exact) mass is 330 g/mol. The standard InChI is InChI=1S/C20H30N2O2/c1-13-12-20(4)9-6-8-19(2,3)16(20)11-15(13)14-7-5-10-22(24)17(14)18(21)23/h5,7,10,13,15-16H,6,8-9,11-12H2,1-4H3,(H2,21,23). The van der Waals surface area contributed by atoms with E-state index < -0.39 is 5.91 Å². The maximum atomic E-state index is 12.1. The van der Waals surface area contributed by atoms with Gasteiger partial charge in [0.1, 0.15) is 0 Å². The molecule has 3 rings (SSSR count). The molecule has 1 heterocycles. The van der Waals surface area contributed by atoms with Crippen LogP contribution in [0, 0.1) is 27.9 Å². The van der Waals surface area contributed by atoms with Crippen molar-refractivity contribution in [1.82, 2.24) is 0 Å². The van der Waals surface area contributed by atoms with E-state index in [4.69, 9.17) is 5.73 Å². The van der Waals surface area contributed by atoms with Gasteiger partial charge in [-0.15, -0.1) is 0 Å². The molecule has 0 aliphatic heterocycles. The van der Waals surface area contributed by atoms with E-state index >= 15 is 0 Å². The fourth-order valence-electron chi connectivity index (χ4n) is 5.94. The minimum absolute atomic E-state index is 0.131. The lowest BCUT2D eigenvalue weighted by Crippen LogP contribution is -2.48. The average molecular weight is 330 g/mol. The second kappa shape index (κ2) is 5.75. The minimum atomic E-state index is -0.621. The van der Waals surface area contributed by atoms with Gasteiger partial charge < -0.3 is 10.9 Å². The van der Waals surface area contributed by atoms with Crippen molar-refractivity contribution in [2.24, 2.45) is 28.4 Å². The van der Waals surface area contributed by atoms with Crippen molar-refractivity contribution in [2.75, 3.05) is 0 Å². The quantitative estimate of drug-likeness (QED) is 0.662. The van der Waals surface area contributed by atoms with Crippen molar-refractivity contribution in [2.45, 2.75) is 65.7 Å². The van der Waals surface area contributed by atoms with Crippen LogP contribution in [0.2, 0.25) is 0 Å². The third-order valence-corrected chi connectivity index (χ3v) is 6.94. The van der Waals surface area contributed by atoms with Gasteiger partial charge in [-0.3, -0.25) is 4.79 Å². The molecule has 24 heavy (non-hydrogen) atoms. The largest absolute Gasteiger partial charge is 0.618 e. The Morgan fingerprint density at radius 2 is 2.04 bits per heavy atom. The molecule has 1 amide bonds. The second-order valence-corrected chi connectivity index (χ2v) is 9.07. The number of primary amides is 1. The van der Waals surface area contributed by atoms with Crippen LogP contribution >= 0.6 is 0 Å². The van der Waals surface area contributed by atoms with E-state index in [9.17, 15) is 10.0 Å². The number of nitrogens with zero attached hydrogens (tertiary/aromatic N) is 1. The molecule has 2 saturated carbocycles. The predicted octanol–water partition coefficient (Wildman–Crippen LogP) is 3.77. The molecule has 0 aromatic carbocycles. The van der Waals surface area contributed by atoms with Crippen LogP contribution in [0.15, 0.2) is 18.3 Å². The molecule has 2 aliphatic rings. The summed E-state index contributed by atoms with van der Waals surface area (Å²) in [5.74, 6) is 0.662. The summed E-state index contributed by atoms with van der Waals surface area (Å²) in [4.78, 5) is 11.9. The highest BCUT2D eigenvalue weighted by atomic mass is 16.5. The van der Waals surface area contributed by atoms with Crippen LogP contribution in [0.5, 0.6) is 0 Å². The van der Waals surface area contributed by atoms with Crippen molar-refractivity contribution >= 4 is 5.91 Å². The molecule has 1 aromatic heterocycles. The zero-order valence-electron chi connectivity index (χ0n) is 15.3. The second-order valence-electron chi connectivity index (χ2n) is 9.07. The highest BCUT2D eigenvalue weighted by Crippen LogP contribution is 2.61. The predicted molar refractivity (Wildman–Crippen MR) is 94.3 cm³/mol. The van der Waals surface area contributed by atoms with E-state index in [0.29, 0.717) is 27.4 Å². The first-order valence-corrected chi connectivity index (χ1v) is 9.17. The van der Waals surface area contributed by atoms with Gasteiger partial charge in [-0.2, -0.15) is 4.73 Å².